The number of likely N-dealkylation sites (tertiary alicyclic amines) is 2. The summed E-state index contributed by atoms with van der Waals surface area (Å²) in [6, 6.07) is 2.77. The Kier molecular flexibility index (Phi) is 8.54. The average molecular weight is 404 g/mol. The van der Waals surface area contributed by atoms with E-state index < -0.39 is 0 Å². The van der Waals surface area contributed by atoms with Gasteiger partial charge in [-0.1, -0.05) is 20.8 Å². The van der Waals surface area contributed by atoms with Crippen molar-refractivity contribution in [2.45, 2.75) is 78.3 Å². The van der Waals surface area contributed by atoms with Gasteiger partial charge in [-0.2, -0.15) is 5.10 Å². The molecular formula is C23H41N5O. The van der Waals surface area contributed by atoms with Crippen LogP contribution in [0.2, 0.25) is 0 Å². The standard InChI is InChI=1S/C23H41N5O/c1-4-28-11-5-6-22(28)16-24-23(29)8-7-19-9-12-27(13-10-19)17-21-15-20(25-26-21)14-18(2)3/h15,18-19,22H,4-14,16-17H2,1-3H3,(H,24,29)(H,25,26). The highest BCUT2D eigenvalue weighted by Crippen LogP contribution is 2.23. The van der Waals surface area contributed by atoms with E-state index in [2.05, 4.69) is 52.2 Å². The fraction of sp³-hybridized carbons (Fsp3) is 0.826. The molecule has 2 aliphatic heterocycles. The molecule has 164 valence electrons. The van der Waals surface area contributed by atoms with Crippen molar-refractivity contribution in [1.29, 1.82) is 0 Å². The lowest BCUT2D eigenvalue weighted by Gasteiger charge is -2.31. The quantitative estimate of drug-likeness (QED) is 0.630. The minimum Gasteiger partial charge on any atom is -0.355 e. The van der Waals surface area contributed by atoms with Crippen LogP contribution in [0.15, 0.2) is 6.07 Å². The number of carbonyl (C=O) groups excluding carboxylic acids is 1. The van der Waals surface area contributed by atoms with Gasteiger partial charge in [-0.05, 0) is 82.6 Å². The molecule has 2 saturated heterocycles. The first kappa shape index (κ1) is 22.3. The van der Waals surface area contributed by atoms with E-state index in [0.717, 1.165) is 45.6 Å². The Morgan fingerprint density at radius 2 is 2.07 bits per heavy atom. The molecule has 1 aromatic heterocycles. The number of aromatic amines is 1. The molecule has 6 nitrogen and oxygen atoms in total. The van der Waals surface area contributed by atoms with Crippen molar-refractivity contribution < 1.29 is 4.79 Å². The zero-order valence-electron chi connectivity index (χ0n) is 18.8. The summed E-state index contributed by atoms with van der Waals surface area (Å²) in [7, 11) is 0. The second-order valence-electron chi connectivity index (χ2n) is 9.47. The smallest absolute Gasteiger partial charge is 0.220 e. The van der Waals surface area contributed by atoms with E-state index in [1.54, 1.807) is 0 Å². The van der Waals surface area contributed by atoms with Crippen molar-refractivity contribution in [2.75, 3.05) is 32.7 Å². The normalized spacial score (nSPS) is 21.9. The summed E-state index contributed by atoms with van der Waals surface area (Å²) in [5.74, 6) is 1.57. The molecule has 1 aromatic rings. The van der Waals surface area contributed by atoms with Gasteiger partial charge in [-0.3, -0.25) is 19.7 Å². The van der Waals surface area contributed by atoms with Gasteiger partial charge in [0.1, 0.15) is 0 Å². The Morgan fingerprint density at radius 3 is 2.79 bits per heavy atom. The Morgan fingerprint density at radius 1 is 1.28 bits per heavy atom. The van der Waals surface area contributed by atoms with Crippen LogP contribution in [0, 0.1) is 11.8 Å². The number of hydrogen-bond acceptors (Lipinski definition) is 4. The van der Waals surface area contributed by atoms with Crippen molar-refractivity contribution in [3.63, 3.8) is 0 Å². The number of nitrogens with one attached hydrogen (secondary N) is 2. The molecule has 2 N–H and O–H groups in total. The van der Waals surface area contributed by atoms with Gasteiger partial charge < -0.3 is 5.32 Å². The van der Waals surface area contributed by atoms with Gasteiger partial charge >= 0.3 is 0 Å². The Balaban J connectivity index is 1.29. The molecular weight excluding hydrogens is 362 g/mol. The van der Waals surface area contributed by atoms with E-state index in [0.29, 0.717) is 24.3 Å². The van der Waals surface area contributed by atoms with Gasteiger partial charge in [0, 0.05) is 31.2 Å². The third kappa shape index (κ3) is 7.10. The molecule has 6 heteroatoms. The van der Waals surface area contributed by atoms with Crippen LogP contribution in [-0.4, -0.2) is 64.7 Å². The third-order valence-electron chi connectivity index (χ3n) is 6.62. The van der Waals surface area contributed by atoms with Gasteiger partial charge in [-0.25, -0.2) is 0 Å². The highest BCUT2D eigenvalue weighted by atomic mass is 16.1. The number of H-pyrrole nitrogens is 1. The van der Waals surface area contributed by atoms with Gasteiger partial charge in [0.05, 0.1) is 5.69 Å². The zero-order valence-corrected chi connectivity index (χ0v) is 18.8. The summed E-state index contributed by atoms with van der Waals surface area (Å²) in [6.45, 7) is 13.0. The molecule has 3 heterocycles. The number of hydrogen-bond donors (Lipinski definition) is 2. The van der Waals surface area contributed by atoms with Crippen LogP contribution in [0.25, 0.3) is 0 Å². The number of nitrogens with zero attached hydrogens (tertiary/aromatic N) is 3. The predicted octanol–water partition coefficient (Wildman–Crippen LogP) is 3.20. The van der Waals surface area contributed by atoms with E-state index in [1.165, 1.54) is 43.6 Å². The minimum absolute atomic E-state index is 0.241. The fourth-order valence-corrected chi connectivity index (χ4v) is 4.89. The van der Waals surface area contributed by atoms with E-state index in [4.69, 9.17) is 0 Å². The highest BCUT2D eigenvalue weighted by Gasteiger charge is 2.24. The summed E-state index contributed by atoms with van der Waals surface area (Å²) in [4.78, 5) is 17.3. The van der Waals surface area contributed by atoms with Crippen molar-refractivity contribution in [3.05, 3.63) is 17.5 Å². The van der Waals surface area contributed by atoms with Gasteiger partial charge in [0.2, 0.25) is 5.91 Å². The fourth-order valence-electron chi connectivity index (χ4n) is 4.89. The molecule has 1 amide bonds. The molecule has 29 heavy (non-hydrogen) atoms. The number of carbonyl (C=O) groups is 1. The first-order valence-electron chi connectivity index (χ1n) is 11.8. The lowest BCUT2D eigenvalue weighted by Crippen LogP contribution is -2.40. The molecule has 0 aromatic carbocycles. The van der Waals surface area contributed by atoms with Crippen molar-refractivity contribution in [2.24, 2.45) is 11.8 Å². The summed E-state index contributed by atoms with van der Waals surface area (Å²) in [5, 5.41) is 10.8. The Labute approximate surface area is 176 Å². The largest absolute Gasteiger partial charge is 0.355 e. The summed E-state index contributed by atoms with van der Waals surface area (Å²) >= 11 is 0. The first-order chi connectivity index (χ1) is 14.0. The number of aromatic nitrogens is 2. The highest BCUT2D eigenvalue weighted by molar-refractivity contribution is 5.75. The van der Waals surface area contributed by atoms with Crippen LogP contribution in [-0.2, 0) is 17.8 Å². The van der Waals surface area contributed by atoms with Crippen LogP contribution in [0.1, 0.15) is 70.7 Å². The second kappa shape index (κ2) is 11.1. The van der Waals surface area contributed by atoms with Crippen LogP contribution in [0.3, 0.4) is 0 Å². The number of piperidine rings is 1. The topological polar surface area (TPSA) is 64.3 Å². The molecule has 0 spiro atoms. The predicted molar refractivity (Wildman–Crippen MR) is 118 cm³/mol. The molecule has 0 radical (unpaired) electrons. The molecule has 0 saturated carbocycles. The molecule has 1 atom stereocenters. The van der Waals surface area contributed by atoms with E-state index in [-0.39, 0.29) is 5.91 Å². The van der Waals surface area contributed by atoms with Crippen molar-refractivity contribution >= 4 is 5.91 Å². The number of likely N-dealkylation sites (N-methyl/N-ethyl adjacent to an activating group) is 1. The van der Waals surface area contributed by atoms with E-state index in [1.807, 2.05) is 0 Å². The molecule has 0 bridgehead atoms. The number of amides is 1. The van der Waals surface area contributed by atoms with E-state index in [9.17, 15) is 4.79 Å². The van der Waals surface area contributed by atoms with Crippen LogP contribution < -0.4 is 5.32 Å². The van der Waals surface area contributed by atoms with Gasteiger partial charge in [-0.15, -0.1) is 0 Å². The molecule has 3 rings (SSSR count). The van der Waals surface area contributed by atoms with Gasteiger partial charge in [0.15, 0.2) is 0 Å². The Bertz CT molecular complexity index is 621. The molecule has 1 unspecified atom stereocenters. The molecule has 2 fully saturated rings. The number of rotatable bonds is 10. The lowest BCUT2D eigenvalue weighted by molar-refractivity contribution is -0.121. The first-order valence-corrected chi connectivity index (χ1v) is 11.8. The zero-order chi connectivity index (χ0) is 20.6. The SMILES string of the molecule is CCN1CCCC1CNC(=O)CCC1CCN(Cc2cc(CC(C)C)n[nH]2)CC1. The van der Waals surface area contributed by atoms with E-state index >= 15 is 0 Å². The van der Waals surface area contributed by atoms with Crippen molar-refractivity contribution in [1.82, 2.24) is 25.3 Å². The van der Waals surface area contributed by atoms with Crippen LogP contribution >= 0.6 is 0 Å². The molecule has 0 aliphatic carbocycles. The maximum absolute atomic E-state index is 12.3. The second-order valence-corrected chi connectivity index (χ2v) is 9.47. The minimum atomic E-state index is 0.241. The summed E-state index contributed by atoms with van der Waals surface area (Å²) in [6.07, 6.45) is 7.65. The maximum atomic E-state index is 12.3. The summed E-state index contributed by atoms with van der Waals surface area (Å²) < 4.78 is 0. The average Bonchev–Trinajstić information content (AvgIpc) is 3.34. The lowest BCUT2D eigenvalue weighted by atomic mass is 9.92. The maximum Gasteiger partial charge on any atom is 0.220 e. The van der Waals surface area contributed by atoms with Crippen LogP contribution in [0.5, 0.6) is 0 Å². The van der Waals surface area contributed by atoms with Gasteiger partial charge in [0.25, 0.3) is 0 Å². The van der Waals surface area contributed by atoms with Crippen molar-refractivity contribution in [3.8, 4) is 0 Å². The van der Waals surface area contributed by atoms with Crippen LogP contribution in [0.4, 0.5) is 0 Å². The molecule has 2 aliphatic rings. The monoisotopic (exact) mass is 403 g/mol. The Hall–Kier alpha value is -1.40. The third-order valence-corrected chi connectivity index (χ3v) is 6.62. The summed E-state index contributed by atoms with van der Waals surface area (Å²) in [5.41, 5.74) is 2.40.